The average molecular weight is 368 g/mol. The largest absolute Gasteiger partial charge is 0.491 e. The van der Waals surface area contributed by atoms with Gasteiger partial charge < -0.3 is 15.0 Å². The smallest absolute Gasteiger partial charge is 0.240 e. The molecule has 2 aromatic rings. The van der Waals surface area contributed by atoms with Crippen LogP contribution in [0.4, 0.5) is 5.69 Å². The number of carbonyl (C=O) groups is 2. The summed E-state index contributed by atoms with van der Waals surface area (Å²) in [5, 5.41) is 3.09. The number of nitrogens with zero attached hydrogens (tertiary/aromatic N) is 1. The van der Waals surface area contributed by atoms with E-state index in [9.17, 15) is 9.59 Å². The van der Waals surface area contributed by atoms with Crippen molar-refractivity contribution in [3.8, 4) is 5.75 Å². The second-order valence-corrected chi connectivity index (χ2v) is 6.99. The highest BCUT2D eigenvalue weighted by Gasteiger charge is 2.26. The van der Waals surface area contributed by atoms with Crippen molar-refractivity contribution >= 4 is 17.5 Å². The highest BCUT2D eigenvalue weighted by molar-refractivity contribution is 6.00. The van der Waals surface area contributed by atoms with Crippen molar-refractivity contribution in [3.63, 3.8) is 0 Å². The van der Waals surface area contributed by atoms with E-state index in [2.05, 4.69) is 5.32 Å². The number of hydrogen-bond acceptors (Lipinski definition) is 3. The van der Waals surface area contributed by atoms with Crippen molar-refractivity contribution < 1.29 is 19.2 Å². The summed E-state index contributed by atoms with van der Waals surface area (Å²) < 4.78 is 5.64. The molecule has 0 spiro atoms. The van der Waals surface area contributed by atoms with Crippen LogP contribution in [-0.4, -0.2) is 45.6 Å². The van der Waals surface area contributed by atoms with E-state index in [0.717, 1.165) is 12.1 Å². The molecule has 0 aromatic heterocycles. The Hall–Kier alpha value is -2.86. The summed E-state index contributed by atoms with van der Waals surface area (Å²) in [6.07, 6.45) is 0.256. The van der Waals surface area contributed by atoms with E-state index >= 15 is 0 Å². The van der Waals surface area contributed by atoms with Gasteiger partial charge in [-0.05, 0) is 17.7 Å². The minimum Gasteiger partial charge on any atom is -0.491 e. The van der Waals surface area contributed by atoms with Gasteiger partial charge in [0.2, 0.25) is 11.8 Å². The van der Waals surface area contributed by atoms with Gasteiger partial charge in [0.15, 0.2) is 0 Å². The minimum absolute atomic E-state index is 0.0225. The Morgan fingerprint density at radius 3 is 2.59 bits per heavy atom. The van der Waals surface area contributed by atoms with Crippen LogP contribution in [0.25, 0.3) is 0 Å². The molecule has 1 atom stereocenters. The van der Waals surface area contributed by atoms with Crippen molar-refractivity contribution in [2.75, 3.05) is 38.7 Å². The van der Waals surface area contributed by atoms with E-state index in [1.54, 1.807) is 0 Å². The molecule has 0 fully saturated rings. The lowest BCUT2D eigenvalue weighted by Crippen LogP contribution is -3.06. The molecule has 6 heteroatoms. The number of quaternary nitrogens is 1. The molecular formula is C21H26N3O3+. The number of para-hydroxylation sites is 2. The van der Waals surface area contributed by atoms with Gasteiger partial charge in [-0.1, -0.05) is 42.5 Å². The molecule has 2 aromatic carbocycles. The van der Waals surface area contributed by atoms with Crippen LogP contribution < -0.4 is 19.9 Å². The van der Waals surface area contributed by atoms with E-state index in [-0.39, 0.29) is 30.8 Å². The van der Waals surface area contributed by atoms with Crippen LogP contribution in [0.3, 0.4) is 0 Å². The van der Waals surface area contributed by atoms with E-state index in [1.165, 1.54) is 9.80 Å². The van der Waals surface area contributed by atoms with Gasteiger partial charge >= 0.3 is 0 Å². The van der Waals surface area contributed by atoms with Crippen LogP contribution >= 0.6 is 0 Å². The van der Waals surface area contributed by atoms with Gasteiger partial charge in [-0.25, -0.2) is 0 Å². The molecule has 3 rings (SSSR count). The molecule has 2 amide bonds. The fourth-order valence-electron chi connectivity index (χ4n) is 3.22. The summed E-state index contributed by atoms with van der Waals surface area (Å²) >= 11 is 0. The Morgan fingerprint density at radius 2 is 1.85 bits per heavy atom. The first-order valence-corrected chi connectivity index (χ1v) is 9.20. The monoisotopic (exact) mass is 368 g/mol. The number of hydrogen-bond donors (Lipinski definition) is 2. The summed E-state index contributed by atoms with van der Waals surface area (Å²) in [5.41, 5.74) is 1.70. The molecule has 1 aliphatic heterocycles. The van der Waals surface area contributed by atoms with E-state index < -0.39 is 0 Å². The van der Waals surface area contributed by atoms with Crippen molar-refractivity contribution in [1.82, 2.24) is 5.32 Å². The predicted octanol–water partition coefficient (Wildman–Crippen LogP) is 0.804. The molecule has 0 unspecified atom stereocenters. The van der Waals surface area contributed by atoms with E-state index in [0.29, 0.717) is 18.0 Å². The lowest BCUT2D eigenvalue weighted by Gasteiger charge is -2.24. The number of likely N-dealkylation sites (N-methyl/N-ethyl adjacent to an activating group) is 1. The Morgan fingerprint density at radius 1 is 1.15 bits per heavy atom. The normalized spacial score (nSPS) is 14.9. The standard InChI is InChI=1S/C21H25N3O3/c1-23(2)14-17(16-8-4-3-5-9-16)22-20(25)15-24-18-10-6-7-11-19(18)27-13-12-21(24)26/h3-11,17H,12-15H2,1-2H3,(H,22,25)/p+1/t17-/m1/s1. The molecule has 142 valence electrons. The van der Waals surface area contributed by atoms with Crippen molar-refractivity contribution in [2.45, 2.75) is 12.5 Å². The molecule has 0 saturated heterocycles. The number of ether oxygens (including phenoxy) is 1. The predicted molar refractivity (Wildman–Crippen MR) is 104 cm³/mol. The third-order valence-electron chi connectivity index (χ3n) is 4.48. The topological polar surface area (TPSA) is 63.1 Å². The number of anilines is 1. The summed E-state index contributed by atoms with van der Waals surface area (Å²) in [7, 11) is 4.10. The van der Waals surface area contributed by atoms with Crippen molar-refractivity contribution in [1.29, 1.82) is 0 Å². The lowest BCUT2D eigenvalue weighted by atomic mass is 10.1. The number of nitrogens with one attached hydrogen (secondary N) is 2. The third kappa shape index (κ3) is 4.86. The molecule has 1 heterocycles. The van der Waals surface area contributed by atoms with Crippen LogP contribution in [0.1, 0.15) is 18.0 Å². The van der Waals surface area contributed by atoms with Gasteiger partial charge in [0, 0.05) is 0 Å². The number of carbonyl (C=O) groups excluding carboxylic acids is 2. The van der Waals surface area contributed by atoms with Gasteiger partial charge in [0.05, 0.1) is 32.8 Å². The molecular weight excluding hydrogens is 342 g/mol. The number of amides is 2. The van der Waals surface area contributed by atoms with Gasteiger partial charge in [-0.15, -0.1) is 0 Å². The molecule has 0 saturated carbocycles. The number of fused-ring (bicyclic) bond motifs is 1. The summed E-state index contributed by atoms with van der Waals surface area (Å²) in [6, 6.07) is 17.1. The highest BCUT2D eigenvalue weighted by Crippen LogP contribution is 2.30. The van der Waals surface area contributed by atoms with Gasteiger partial charge in [-0.2, -0.15) is 0 Å². The first-order chi connectivity index (χ1) is 13.0. The van der Waals surface area contributed by atoms with Crippen molar-refractivity contribution in [3.05, 3.63) is 60.2 Å². The zero-order valence-corrected chi connectivity index (χ0v) is 15.8. The first-order valence-electron chi connectivity index (χ1n) is 9.20. The molecule has 6 nitrogen and oxygen atoms in total. The van der Waals surface area contributed by atoms with Gasteiger partial charge in [-0.3, -0.25) is 14.5 Å². The van der Waals surface area contributed by atoms with Crippen LogP contribution in [0.5, 0.6) is 5.75 Å². The maximum Gasteiger partial charge on any atom is 0.240 e. The third-order valence-corrected chi connectivity index (χ3v) is 4.48. The second kappa shape index (κ2) is 8.68. The molecule has 2 N–H and O–H groups in total. The first kappa shape index (κ1) is 18.9. The number of benzene rings is 2. The quantitative estimate of drug-likeness (QED) is 0.793. The minimum atomic E-state index is -0.185. The summed E-state index contributed by atoms with van der Waals surface area (Å²) in [4.78, 5) is 28.0. The zero-order chi connectivity index (χ0) is 19.2. The molecule has 0 radical (unpaired) electrons. The zero-order valence-electron chi connectivity index (χ0n) is 15.8. The van der Waals surface area contributed by atoms with Crippen LogP contribution in [0, 0.1) is 0 Å². The lowest BCUT2D eigenvalue weighted by molar-refractivity contribution is -0.860. The Kier molecular flexibility index (Phi) is 6.08. The van der Waals surface area contributed by atoms with E-state index in [4.69, 9.17) is 4.74 Å². The van der Waals surface area contributed by atoms with Crippen molar-refractivity contribution in [2.24, 2.45) is 0 Å². The maximum absolute atomic E-state index is 12.8. The van der Waals surface area contributed by atoms with E-state index in [1.807, 2.05) is 68.7 Å². The average Bonchev–Trinajstić information content (AvgIpc) is 2.81. The maximum atomic E-state index is 12.8. The molecule has 0 aliphatic carbocycles. The SMILES string of the molecule is C[NH+](C)C[C@@H](NC(=O)CN1C(=O)CCOc2ccccc21)c1ccccc1. The summed E-state index contributed by atoms with van der Waals surface area (Å²) in [5.74, 6) is 0.341. The van der Waals surface area contributed by atoms with Gasteiger partial charge in [0.25, 0.3) is 0 Å². The Bertz CT molecular complexity index is 792. The molecule has 1 aliphatic rings. The molecule has 27 heavy (non-hydrogen) atoms. The van der Waals surface area contributed by atoms with Crippen LogP contribution in [-0.2, 0) is 9.59 Å². The second-order valence-electron chi connectivity index (χ2n) is 6.99. The van der Waals surface area contributed by atoms with Crippen LogP contribution in [0.15, 0.2) is 54.6 Å². The van der Waals surface area contributed by atoms with Gasteiger partial charge in [0.1, 0.15) is 24.9 Å². The Balaban J connectivity index is 1.76. The highest BCUT2D eigenvalue weighted by atomic mass is 16.5. The Labute approximate surface area is 159 Å². The van der Waals surface area contributed by atoms with Crippen LogP contribution in [0.2, 0.25) is 0 Å². The summed E-state index contributed by atoms with van der Waals surface area (Å²) in [6.45, 7) is 1.05. The fourth-order valence-corrected chi connectivity index (χ4v) is 3.22. The number of rotatable bonds is 6. The fraction of sp³-hybridized carbons (Fsp3) is 0.333. The molecule has 0 bridgehead atoms.